The maximum Gasteiger partial charge on any atom is 0.379 e. The van der Waals surface area contributed by atoms with Crippen molar-refractivity contribution in [1.29, 1.82) is 0 Å². The lowest BCUT2D eigenvalue weighted by atomic mass is 10.1. The highest BCUT2D eigenvalue weighted by atomic mass is 79.9. The highest BCUT2D eigenvalue weighted by Crippen LogP contribution is 2.36. The fourth-order valence-electron chi connectivity index (χ4n) is 1.04. The van der Waals surface area contributed by atoms with Crippen molar-refractivity contribution >= 4 is 21.9 Å². The van der Waals surface area contributed by atoms with E-state index in [0.29, 0.717) is 4.47 Å². The van der Waals surface area contributed by atoms with Crippen LogP contribution in [0.2, 0.25) is 0 Å². The third-order valence-corrected chi connectivity index (χ3v) is 2.26. The zero-order valence-corrected chi connectivity index (χ0v) is 9.22. The van der Waals surface area contributed by atoms with E-state index in [-0.39, 0.29) is 5.75 Å². The lowest BCUT2D eigenvalue weighted by Crippen LogP contribution is -2.25. The van der Waals surface area contributed by atoms with E-state index in [4.69, 9.17) is 5.11 Å². The summed E-state index contributed by atoms with van der Waals surface area (Å²) < 4.78 is 31.5. The van der Waals surface area contributed by atoms with Crippen LogP contribution in [-0.2, 0) is 10.7 Å². The van der Waals surface area contributed by atoms with Gasteiger partial charge in [0.1, 0.15) is 5.75 Å². The third kappa shape index (κ3) is 2.26. The molecule has 0 aliphatic heterocycles. The summed E-state index contributed by atoms with van der Waals surface area (Å²) in [4.78, 5) is 10.4. The molecule has 0 aromatic heterocycles. The molecule has 0 unspecified atom stereocenters. The summed E-state index contributed by atoms with van der Waals surface area (Å²) in [7, 11) is 1.20. The number of carbonyl (C=O) groups is 1. The quantitative estimate of drug-likeness (QED) is 0.926. The molecule has 15 heavy (non-hydrogen) atoms. The summed E-state index contributed by atoms with van der Waals surface area (Å²) >= 11 is 3.07. The average Bonchev–Trinajstić information content (AvgIpc) is 2.16. The van der Waals surface area contributed by atoms with E-state index < -0.39 is 17.5 Å². The van der Waals surface area contributed by atoms with Crippen molar-refractivity contribution in [3.63, 3.8) is 0 Å². The van der Waals surface area contributed by atoms with Crippen molar-refractivity contribution in [2.45, 2.75) is 5.92 Å². The molecule has 0 aliphatic rings. The van der Waals surface area contributed by atoms with E-state index >= 15 is 0 Å². The molecule has 0 fully saturated rings. The summed E-state index contributed by atoms with van der Waals surface area (Å²) in [5.41, 5.74) is -0.666. The molecule has 0 saturated carbocycles. The van der Waals surface area contributed by atoms with E-state index in [2.05, 4.69) is 20.7 Å². The first-order valence-corrected chi connectivity index (χ1v) is 4.64. The van der Waals surface area contributed by atoms with Crippen molar-refractivity contribution in [2.75, 3.05) is 7.11 Å². The normalized spacial score (nSPS) is 11.2. The number of benzene rings is 1. The number of aliphatic carboxylic acids is 1. The second kappa shape index (κ2) is 4.14. The van der Waals surface area contributed by atoms with Crippen LogP contribution in [0.15, 0.2) is 22.7 Å². The largest absolute Gasteiger partial charge is 0.496 e. The van der Waals surface area contributed by atoms with Crippen molar-refractivity contribution in [3.05, 3.63) is 28.2 Å². The predicted octanol–water partition coefficient (Wildman–Crippen LogP) is 2.63. The van der Waals surface area contributed by atoms with Gasteiger partial charge in [0.15, 0.2) is 0 Å². The van der Waals surface area contributed by atoms with Crippen LogP contribution in [0, 0.1) is 0 Å². The first-order valence-electron chi connectivity index (χ1n) is 3.85. The zero-order valence-electron chi connectivity index (χ0n) is 7.63. The fourth-order valence-corrected chi connectivity index (χ4v) is 1.38. The summed E-state index contributed by atoms with van der Waals surface area (Å²) in [6, 6.07) is 3.62. The van der Waals surface area contributed by atoms with Crippen molar-refractivity contribution in [2.24, 2.45) is 0 Å². The molecule has 0 saturated heterocycles. The number of hydrogen-bond acceptors (Lipinski definition) is 2. The highest BCUT2D eigenvalue weighted by Gasteiger charge is 2.43. The van der Waals surface area contributed by atoms with Gasteiger partial charge in [-0.2, -0.15) is 8.78 Å². The molecule has 0 aliphatic carbocycles. The molecular weight excluding hydrogens is 274 g/mol. The molecule has 1 N–H and O–H groups in total. The van der Waals surface area contributed by atoms with Gasteiger partial charge in [0.05, 0.1) is 12.7 Å². The van der Waals surface area contributed by atoms with E-state index in [1.165, 1.54) is 19.2 Å². The van der Waals surface area contributed by atoms with Gasteiger partial charge in [-0.05, 0) is 18.2 Å². The van der Waals surface area contributed by atoms with Gasteiger partial charge in [-0.1, -0.05) is 15.9 Å². The molecule has 0 atom stereocenters. The summed E-state index contributed by atoms with van der Waals surface area (Å²) in [5, 5.41) is 8.37. The number of carboxylic acid groups (broad SMARTS) is 1. The minimum Gasteiger partial charge on any atom is -0.496 e. The fraction of sp³-hybridized carbons (Fsp3) is 0.222. The van der Waals surface area contributed by atoms with Crippen LogP contribution in [0.1, 0.15) is 5.56 Å². The van der Waals surface area contributed by atoms with Gasteiger partial charge in [0.2, 0.25) is 0 Å². The third-order valence-electron chi connectivity index (χ3n) is 1.77. The topological polar surface area (TPSA) is 46.5 Å². The molecule has 0 spiro atoms. The average molecular weight is 281 g/mol. The second-order valence-corrected chi connectivity index (χ2v) is 3.64. The van der Waals surface area contributed by atoms with Gasteiger partial charge in [-0.15, -0.1) is 0 Å². The van der Waals surface area contributed by atoms with Crippen LogP contribution in [-0.4, -0.2) is 18.2 Å². The Morgan fingerprint density at radius 3 is 2.60 bits per heavy atom. The van der Waals surface area contributed by atoms with Crippen molar-refractivity contribution in [3.8, 4) is 5.75 Å². The molecule has 6 heteroatoms. The monoisotopic (exact) mass is 280 g/mol. The van der Waals surface area contributed by atoms with Crippen molar-refractivity contribution in [1.82, 2.24) is 0 Å². The minimum absolute atomic E-state index is 0.170. The van der Waals surface area contributed by atoms with Gasteiger partial charge < -0.3 is 9.84 Å². The zero-order chi connectivity index (χ0) is 11.6. The molecule has 1 rings (SSSR count). The van der Waals surface area contributed by atoms with Crippen molar-refractivity contribution < 1.29 is 23.4 Å². The van der Waals surface area contributed by atoms with Crippen LogP contribution < -0.4 is 4.74 Å². The molecule has 3 nitrogen and oxygen atoms in total. The Bertz CT molecular complexity index is 393. The van der Waals surface area contributed by atoms with Gasteiger partial charge in [-0.25, -0.2) is 4.79 Å². The lowest BCUT2D eigenvalue weighted by molar-refractivity contribution is -0.166. The second-order valence-electron chi connectivity index (χ2n) is 2.72. The Kier molecular flexibility index (Phi) is 3.28. The number of hydrogen-bond donors (Lipinski definition) is 1. The molecule has 0 bridgehead atoms. The number of ether oxygens (including phenoxy) is 1. The number of methoxy groups -OCH3 is 1. The number of halogens is 3. The van der Waals surface area contributed by atoms with Gasteiger partial charge in [-0.3, -0.25) is 0 Å². The Hall–Kier alpha value is -1.17. The van der Waals surface area contributed by atoms with Gasteiger partial charge >= 0.3 is 11.9 Å². The van der Waals surface area contributed by atoms with Crippen LogP contribution in [0.3, 0.4) is 0 Å². The highest BCUT2D eigenvalue weighted by molar-refractivity contribution is 9.10. The van der Waals surface area contributed by atoms with Crippen LogP contribution in [0.4, 0.5) is 8.78 Å². The molecule has 82 valence electrons. The van der Waals surface area contributed by atoms with Crippen LogP contribution in [0.5, 0.6) is 5.75 Å². The van der Waals surface area contributed by atoms with Gasteiger partial charge in [0, 0.05) is 4.47 Å². The van der Waals surface area contributed by atoms with Gasteiger partial charge in [0.25, 0.3) is 0 Å². The Morgan fingerprint density at radius 1 is 1.53 bits per heavy atom. The minimum atomic E-state index is -3.95. The maximum atomic E-state index is 13.2. The van der Waals surface area contributed by atoms with E-state index in [0.717, 1.165) is 6.07 Å². The molecule has 0 radical (unpaired) electrons. The summed E-state index contributed by atoms with van der Waals surface area (Å²) in [6.07, 6.45) is 0. The first kappa shape index (κ1) is 11.9. The van der Waals surface area contributed by atoms with Crippen LogP contribution in [0.25, 0.3) is 0 Å². The summed E-state index contributed by atoms with van der Waals surface area (Å²) in [5.74, 6) is -6.33. The molecule has 0 heterocycles. The Labute approximate surface area is 92.8 Å². The SMILES string of the molecule is COc1cc(Br)ccc1C(F)(F)C(=O)O. The van der Waals surface area contributed by atoms with E-state index in [1.807, 2.05) is 0 Å². The maximum absolute atomic E-state index is 13.2. The number of alkyl halides is 2. The summed E-state index contributed by atoms with van der Waals surface area (Å²) in [6.45, 7) is 0. The number of carboxylic acids is 1. The lowest BCUT2D eigenvalue weighted by Gasteiger charge is -2.15. The number of rotatable bonds is 3. The molecule has 0 amide bonds. The standard InChI is InChI=1S/C9H7BrF2O3/c1-15-7-4-5(10)2-3-6(7)9(11,12)8(13)14/h2-4H,1H3,(H,13,14). The smallest absolute Gasteiger partial charge is 0.379 e. The van der Waals surface area contributed by atoms with Crippen LogP contribution >= 0.6 is 15.9 Å². The first-order chi connectivity index (χ1) is 6.89. The predicted molar refractivity (Wildman–Crippen MR) is 52.2 cm³/mol. The molecule has 1 aromatic carbocycles. The Balaban J connectivity index is 3.31. The van der Waals surface area contributed by atoms with E-state index in [1.54, 1.807) is 0 Å². The Morgan fingerprint density at radius 2 is 2.13 bits per heavy atom. The van der Waals surface area contributed by atoms with E-state index in [9.17, 15) is 13.6 Å². The molecule has 1 aromatic rings. The molecular formula is C9H7BrF2O3.